The molecule has 125 heavy (non-hydrogen) atoms. The average molecular weight is 2280 g/mol. The van der Waals surface area contributed by atoms with Crippen LogP contribution in [0, 0.1) is 49.4 Å². The van der Waals surface area contributed by atoms with E-state index in [4.69, 9.17) is 18.2 Å². The molecule has 0 aliphatic heterocycles. The zero-order valence-corrected chi connectivity index (χ0v) is 88.5. The van der Waals surface area contributed by atoms with Gasteiger partial charge in [0.15, 0.2) is 0 Å². The first-order valence-electron chi connectivity index (χ1n) is 41.8. The van der Waals surface area contributed by atoms with Crippen molar-refractivity contribution in [1.29, 1.82) is 0 Å². The van der Waals surface area contributed by atoms with Crippen molar-refractivity contribution in [1.82, 2.24) is 44.9 Å². The van der Waals surface area contributed by atoms with Gasteiger partial charge in [-0.15, -0.1) is 167 Å². The number of nitrogens with zero attached hydrogens (tertiary/aromatic N) is 9. The Bertz CT molecular complexity index is 6180. The summed E-state index contributed by atoms with van der Waals surface area (Å²) < 4.78 is 17.4. The summed E-state index contributed by atoms with van der Waals surface area (Å²) in [6.07, 6.45) is 18.0. The van der Waals surface area contributed by atoms with E-state index in [0.717, 1.165) is 129 Å². The minimum absolute atomic E-state index is 0. The Hall–Kier alpha value is -9.68. The fourth-order valence-corrected chi connectivity index (χ4v) is 20.6. The maximum Gasteiger partial charge on any atom is 0.216 e. The van der Waals surface area contributed by atoms with Gasteiger partial charge in [-0.3, -0.25) is 0 Å². The molecular weight excluding hydrogens is 2170 g/mol. The van der Waals surface area contributed by atoms with Gasteiger partial charge in [0.05, 0.1) is 59.6 Å². The number of benzene rings is 6. The molecule has 0 amide bonds. The van der Waals surface area contributed by atoms with E-state index >= 15 is 0 Å². The number of para-hydroxylation sites is 1. The van der Waals surface area contributed by atoms with Gasteiger partial charge in [0, 0.05) is 126 Å². The van der Waals surface area contributed by atoms with E-state index in [-0.39, 0.29) is 60.3 Å². The van der Waals surface area contributed by atoms with Crippen molar-refractivity contribution in [2.45, 2.75) is 145 Å². The van der Waals surface area contributed by atoms with Crippen LogP contribution in [0.5, 0.6) is 0 Å². The van der Waals surface area contributed by atoms with E-state index in [2.05, 4.69) is 305 Å². The third-order valence-corrected chi connectivity index (χ3v) is 33.3. The first-order chi connectivity index (χ1) is 58.0. The van der Waals surface area contributed by atoms with Crippen molar-refractivity contribution in [3.8, 4) is 67.5 Å². The zero-order valence-electron chi connectivity index (χ0n) is 75.4. The van der Waals surface area contributed by atoms with Crippen molar-refractivity contribution in [2.75, 3.05) is 0 Å². The standard InChI is InChI=1S/C24H27N2OSi.2C19H17N2OSi.3C14H16NSi.3Ir/c1-15(2)11-18-13-21(25-14-23(18)28(4,5)6)17-8-10-22-20(12-17)19-9-7-16(3)26-24(19)27-22;1-23(2,3)14-7-8-17(21-12-14)13-6-9-18-16(11-13)15-5-4-10-20-19(15)22-18;1-23(2,3)14-8-9-17(20-12-14)13-10-16-15-6-4-5-7-18(15)22-19(16)21-11-13;3*1-16(2,3)13-9-10-14(15-11-13)12-7-5-4-6-8-12;;;/h7,9-10,12-15H,11H2,1-6H3;4-5,7-12H,1-3H3;4-10,12H,1-3H3;3*4-7,9-11H,1-3H3;;;/q6*-1;;;. The number of hydrogen-bond acceptors (Lipinski definition) is 12. The minimum Gasteiger partial charge on any atom is -0.486 e. The first-order valence-corrected chi connectivity index (χ1v) is 62.8. The van der Waals surface area contributed by atoms with Crippen LogP contribution < -0.4 is 31.1 Å². The van der Waals surface area contributed by atoms with Crippen molar-refractivity contribution >= 4 is 146 Å². The molecule has 12 nitrogen and oxygen atoms in total. The molecule has 0 atom stereocenters. The van der Waals surface area contributed by atoms with E-state index in [1.54, 1.807) is 6.20 Å². The maximum atomic E-state index is 5.91. The maximum absolute atomic E-state index is 5.91. The molecule has 12 heterocycles. The summed E-state index contributed by atoms with van der Waals surface area (Å²) in [6, 6.07) is 89.9. The molecule has 0 aliphatic rings. The van der Waals surface area contributed by atoms with Crippen LogP contribution in [0.15, 0.2) is 275 Å². The largest absolute Gasteiger partial charge is 0.486 e. The summed E-state index contributed by atoms with van der Waals surface area (Å²) in [7, 11) is -7.78. The topological polar surface area (TPSA) is 155 Å². The summed E-state index contributed by atoms with van der Waals surface area (Å²) >= 11 is 0. The molecule has 6 aromatic carbocycles. The Morgan fingerprint density at radius 1 is 0.304 bits per heavy atom. The number of furan rings is 3. The molecule has 0 aliphatic carbocycles. The molecule has 0 spiro atoms. The first kappa shape index (κ1) is 97.5. The number of pyridine rings is 9. The summed E-state index contributed by atoms with van der Waals surface area (Å²) in [6.45, 7) is 48.6. The smallest absolute Gasteiger partial charge is 0.216 e. The molecule has 18 aromatic rings. The molecule has 0 fully saturated rings. The van der Waals surface area contributed by atoms with Gasteiger partial charge in [0.2, 0.25) is 11.4 Å². The Morgan fingerprint density at radius 3 is 1.09 bits per heavy atom. The van der Waals surface area contributed by atoms with Gasteiger partial charge >= 0.3 is 0 Å². The molecule has 18 rings (SSSR count). The quantitative estimate of drug-likeness (QED) is 0.0751. The molecule has 12 aromatic heterocycles. The van der Waals surface area contributed by atoms with Crippen molar-refractivity contribution in [3.05, 3.63) is 310 Å². The predicted molar refractivity (Wildman–Crippen MR) is 527 cm³/mol. The van der Waals surface area contributed by atoms with Crippen LogP contribution in [0.4, 0.5) is 0 Å². The van der Waals surface area contributed by atoms with Gasteiger partial charge in [-0.05, 0) is 126 Å². The second-order valence-electron chi connectivity index (χ2n) is 37.5. The normalized spacial score (nSPS) is 11.6. The van der Waals surface area contributed by atoms with Crippen LogP contribution in [-0.4, -0.2) is 93.3 Å². The molecule has 0 unspecified atom stereocenters. The summed E-state index contributed by atoms with van der Waals surface area (Å²) in [5, 5.41) is 14.6. The van der Waals surface area contributed by atoms with Crippen LogP contribution in [0.2, 0.25) is 118 Å². The number of hydrogen-bond donors (Lipinski definition) is 0. The van der Waals surface area contributed by atoms with E-state index in [1.807, 2.05) is 165 Å². The van der Waals surface area contributed by atoms with Gasteiger partial charge in [-0.25, -0.2) is 9.97 Å². The minimum atomic E-state index is -1.44. The van der Waals surface area contributed by atoms with Gasteiger partial charge in [-0.1, -0.05) is 233 Å². The molecule has 0 saturated heterocycles. The van der Waals surface area contributed by atoms with Gasteiger partial charge in [0.1, 0.15) is 11.3 Å². The predicted octanol–water partition coefficient (Wildman–Crippen LogP) is 23.9. The van der Waals surface area contributed by atoms with Crippen molar-refractivity contribution < 1.29 is 73.6 Å². The van der Waals surface area contributed by atoms with Crippen LogP contribution in [0.1, 0.15) is 25.1 Å². The summed E-state index contributed by atoms with van der Waals surface area (Å²) in [4.78, 5) is 40.8. The Balaban J connectivity index is 0.000000158. The Kier molecular flexibility index (Phi) is 32.6. The second kappa shape index (κ2) is 41.8. The molecule has 3 radical (unpaired) electrons. The van der Waals surface area contributed by atoms with Gasteiger partial charge in [-0.2, -0.15) is 0 Å². The summed E-state index contributed by atoms with van der Waals surface area (Å²) in [5.74, 6) is 0.615. The molecule has 0 bridgehead atoms. The fourth-order valence-electron chi connectivity index (χ4n) is 13.8. The van der Waals surface area contributed by atoms with Crippen LogP contribution in [0.3, 0.4) is 0 Å². The van der Waals surface area contributed by atoms with Crippen LogP contribution in [-0.2, 0) is 66.7 Å². The monoisotopic (exact) mass is 2280 g/mol. The number of rotatable bonds is 14. The van der Waals surface area contributed by atoms with E-state index < -0.39 is 48.4 Å². The van der Waals surface area contributed by atoms with Gasteiger partial charge < -0.3 is 48.1 Å². The number of aryl methyl sites for hydroxylation is 1. The van der Waals surface area contributed by atoms with E-state index in [1.165, 1.54) is 36.7 Å². The molecule has 645 valence electrons. The second-order valence-corrected chi connectivity index (χ2v) is 68.0. The molecule has 21 heteroatoms. The van der Waals surface area contributed by atoms with E-state index in [0.29, 0.717) is 23.1 Å². The average Bonchev–Trinajstić information content (AvgIpc) is 1.63. The SMILES string of the molecule is C[Si](C)(C)c1ccc(-c2[c-]cc3oc4ncccc4c3c2)nc1.C[Si](C)(C)c1ccc(-c2[c-]cccc2)nc1.C[Si](C)(C)c1ccc(-c2[c-]cccc2)nc1.C[Si](C)(C)c1ccc(-c2[c-]cccc2)nc1.C[Si](C)(C)c1ccc(-c2[c-]nc3oc4ccccc4c3c2)nc1.Cc1ccc2c(n1)oc1c[c-]c(-c3cc(CC(C)C)c([Si](C)(C)C)cn3)cc12.[Ir].[Ir].[Ir]. The van der Waals surface area contributed by atoms with Crippen LogP contribution >= 0.6 is 0 Å². The molecular formula is C104H109Ir3N9O3Si6-6. The molecule has 0 saturated carbocycles. The van der Waals surface area contributed by atoms with Crippen molar-refractivity contribution in [3.63, 3.8) is 0 Å². The third kappa shape index (κ3) is 25.2. The van der Waals surface area contributed by atoms with E-state index in [9.17, 15) is 0 Å². The zero-order chi connectivity index (χ0) is 86.9. The fraction of sp³-hybridized carbons (Fsp3) is 0.221. The third-order valence-electron chi connectivity index (χ3n) is 21.1. The molecule has 0 N–H and O–H groups in total. The van der Waals surface area contributed by atoms with Gasteiger partial charge in [0.25, 0.3) is 0 Å². The Labute approximate surface area is 785 Å². The number of aromatic nitrogens is 9. The van der Waals surface area contributed by atoms with Crippen molar-refractivity contribution in [2.24, 2.45) is 5.92 Å². The van der Waals surface area contributed by atoms with Crippen LogP contribution in [0.25, 0.3) is 134 Å². The summed E-state index contributed by atoms with van der Waals surface area (Å²) in [5.41, 5.74) is 18.7. The number of fused-ring (bicyclic) bond motifs is 9. The Morgan fingerprint density at radius 2 is 0.680 bits per heavy atom.